The Hall–Kier alpha value is -1.91. The van der Waals surface area contributed by atoms with Crippen molar-refractivity contribution in [3.05, 3.63) is 35.6 Å². The number of carbonyl (C=O) groups is 2. The van der Waals surface area contributed by atoms with Crippen LogP contribution in [-0.2, 0) is 4.79 Å². The molecule has 1 amide bonds. The maximum Gasteiger partial charge on any atom is 0.326 e. The topological polar surface area (TPSA) is 57.6 Å². The largest absolute Gasteiger partial charge is 0.480 e. The number of halogens is 1. The number of likely N-dealkylation sites (N-methyl/N-ethyl adjacent to an activating group) is 1. The Morgan fingerprint density at radius 2 is 1.83 bits per heavy atom. The molecule has 0 saturated carbocycles. The van der Waals surface area contributed by atoms with Crippen molar-refractivity contribution in [3.8, 4) is 0 Å². The predicted molar refractivity (Wildman–Crippen MR) is 64.8 cm³/mol. The molecule has 0 bridgehead atoms. The second kappa shape index (κ2) is 5.62. The van der Waals surface area contributed by atoms with E-state index < -0.39 is 23.7 Å². The van der Waals surface area contributed by atoms with Crippen LogP contribution in [0.25, 0.3) is 0 Å². The number of hydrogen-bond acceptors (Lipinski definition) is 2. The third-order valence-electron chi connectivity index (χ3n) is 2.73. The van der Waals surface area contributed by atoms with Gasteiger partial charge in [0.15, 0.2) is 0 Å². The van der Waals surface area contributed by atoms with E-state index in [1.807, 2.05) is 0 Å². The third-order valence-corrected chi connectivity index (χ3v) is 2.73. The first kappa shape index (κ1) is 14.2. The summed E-state index contributed by atoms with van der Waals surface area (Å²) in [7, 11) is 1.37. The highest BCUT2D eigenvalue weighted by atomic mass is 19.1. The quantitative estimate of drug-likeness (QED) is 0.893. The van der Waals surface area contributed by atoms with Crippen LogP contribution in [-0.4, -0.2) is 35.0 Å². The molecule has 0 heterocycles. The summed E-state index contributed by atoms with van der Waals surface area (Å²) in [4.78, 5) is 24.2. The highest BCUT2D eigenvalue weighted by Crippen LogP contribution is 2.15. The molecule has 1 rings (SSSR count). The number of carboxylic acids is 1. The summed E-state index contributed by atoms with van der Waals surface area (Å²) in [6.45, 7) is 3.40. The standard InChI is InChI=1S/C13H16FNO3/c1-8(2)11(13(17)18)15(3)12(16)9-6-4-5-7-10(9)14/h4-8,11H,1-3H3,(H,17,18)/t11-/m0/s1. The second-order valence-corrected chi connectivity index (χ2v) is 4.42. The van der Waals surface area contributed by atoms with E-state index in [1.165, 1.54) is 31.3 Å². The maximum absolute atomic E-state index is 13.5. The highest BCUT2D eigenvalue weighted by Gasteiger charge is 2.30. The minimum Gasteiger partial charge on any atom is -0.480 e. The molecule has 0 aromatic heterocycles. The Morgan fingerprint density at radius 1 is 1.28 bits per heavy atom. The number of carbonyl (C=O) groups excluding carboxylic acids is 1. The van der Waals surface area contributed by atoms with Crippen molar-refractivity contribution in [2.45, 2.75) is 19.9 Å². The van der Waals surface area contributed by atoms with Gasteiger partial charge in [0, 0.05) is 7.05 Å². The Morgan fingerprint density at radius 3 is 2.28 bits per heavy atom. The molecule has 1 atom stereocenters. The van der Waals surface area contributed by atoms with Gasteiger partial charge in [-0.3, -0.25) is 4.79 Å². The molecule has 5 heteroatoms. The molecule has 0 radical (unpaired) electrons. The third kappa shape index (κ3) is 2.85. The predicted octanol–water partition coefficient (Wildman–Crippen LogP) is 2.01. The van der Waals surface area contributed by atoms with Gasteiger partial charge < -0.3 is 10.0 Å². The molecule has 0 saturated heterocycles. The van der Waals surface area contributed by atoms with Crippen LogP contribution in [0.3, 0.4) is 0 Å². The van der Waals surface area contributed by atoms with Gasteiger partial charge in [0.2, 0.25) is 0 Å². The zero-order chi connectivity index (χ0) is 13.9. The number of nitrogens with zero attached hydrogens (tertiary/aromatic N) is 1. The van der Waals surface area contributed by atoms with E-state index in [9.17, 15) is 14.0 Å². The van der Waals surface area contributed by atoms with E-state index in [2.05, 4.69) is 0 Å². The van der Waals surface area contributed by atoms with Gasteiger partial charge in [-0.25, -0.2) is 9.18 Å². The minimum atomic E-state index is -1.10. The van der Waals surface area contributed by atoms with Gasteiger partial charge in [-0.2, -0.15) is 0 Å². The van der Waals surface area contributed by atoms with Crippen molar-refractivity contribution < 1.29 is 19.1 Å². The molecule has 1 aromatic carbocycles. The monoisotopic (exact) mass is 253 g/mol. The van der Waals surface area contributed by atoms with E-state index in [0.29, 0.717) is 0 Å². The fraction of sp³-hybridized carbons (Fsp3) is 0.385. The summed E-state index contributed by atoms with van der Waals surface area (Å²) in [5.41, 5.74) is -0.119. The lowest BCUT2D eigenvalue weighted by molar-refractivity contribution is -0.143. The summed E-state index contributed by atoms with van der Waals surface area (Å²) in [5.74, 6) is -2.64. The Bertz CT molecular complexity index is 459. The molecule has 0 aliphatic heterocycles. The van der Waals surface area contributed by atoms with Crippen LogP contribution in [0.15, 0.2) is 24.3 Å². The van der Waals surface area contributed by atoms with Crippen LogP contribution in [0.4, 0.5) is 4.39 Å². The van der Waals surface area contributed by atoms with Gasteiger partial charge in [0.25, 0.3) is 5.91 Å². The number of rotatable bonds is 4. The van der Waals surface area contributed by atoms with Crippen molar-refractivity contribution in [3.63, 3.8) is 0 Å². The molecule has 98 valence electrons. The number of hydrogen-bond donors (Lipinski definition) is 1. The zero-order valence-corrected chi connectivity index (χ0v) is 10.6. The first-order valence-electron chi connectivity index (χ1n) is 5.60. The van der Waals surface area contributed by atoms with Crippen molar-refractivity contribution in [1.82, 2.24) is 4.90 Å². The van der Waals surface area contributed by atoms with Crippen molar-refractivity contribution in [2.24, 2.45) is 5.92 Å². The molecular formula is C13H16FNO3. The summed E-state index contributed by atoms with van der Waals surface area (Å²) in [6, 6.07) is 4.55. The zero-order valence-electron chi connectivity index (χ0n) is 10.6. The lowest BCUT2D eigenvalue weighted by atomic mass is 10.0. The van der Waals surface area contributed by atoms with Crippen LogP contribution in [0, 0.1) is 11.7 Å². The first-order valence-corrected chi connectivity index (χ1v) is 5.60. The van der Waals surface area contributed by atoms with Crippen LogP contribution in [0.2, 0.25) is 0 Å². The summed E-state index contributed by atoms with van der Waals surface area (Å²) < 4.78 is 13.5. The Labute approximate surface area is 105 Å². The van der Waals surface area contributed by atoms with Crippen molar-refractivity contribution in [2.75, 3.05) is 7.05 Å². The number of benzene rings is 1. The molecule has 18 heavy (non-hydrogen) atoms. The van der Waals surface area contributed by atoms with Crippen LogP contribution in [0.5, 0.6) is 0 Å². The Balaban J connectivity index is 3.03. The van der Waals surface area contributed by atoms with Gasteiger partial charge in [-0.15, -0.1) is 0 Å². The first-order chi connectivity index (χ1) is 8.36. The molecule has 0 aliphatic carbocycles. The van der Waals surface area contributed by atoms with Gasteiger partial charge in [0.05, 0.1) is 5.56 Å². The van der Waals surface area contributed by atoms with Crippen LogP contribution in [0.1, 0.15) is 24.2 Å². The van der Waals surface area contributed by atoms with E-state index in [1.54, 1.807) is 13.8 Å². The van der Waals surface area contributed by atoms with E-state index in [0.717, 1.165) is 4.90 Å². The van der Waals surface area contributed by atoms with E-state index in [-0.39, 0.29) is 11.5 Å². The number of amides is 1. The molecule has 0 aliphatic rings. The number of aliphatic carboxylic acids is 1. The summed E-state index contributed by atoms with van der Waals surface area (Å²) >= 11 is 0. The molecule has 4 nitrogen and oxygen atoms in total. The van der Waals surface area contributed by atoms with E-state index in [4.69, 9.17) is 5.11 Å². The van der Waals surface area contributed by atoms with E-state index >= 15 is 0 Å². The van der Waals surface area contributed by atoms with Crippen molar-refractivity contribution in [1.29, 1.82) is 0 Å². The second-order valence-electron chi connectivity index (χ2n) is 4.42. The molecule has 0 unspecified atom stereocenters. The lowest BCUT2D eigenvalue weighted by Gasteiger charge is -2.27. The lowest BCUT2D eigenvalue weighted by Crippen LogP contribution is -2.45. The SMILES string of the molecule is CC(C)[C@@H](C(=O)O)N(C)C(=O)c1ccccc1F. The highest BCUT2D eigenvalue weighted by molar-refractivity contribution is 5.96. The molecule has 0 fully saturated rings. The van der Waals surface area contributed by atoms with Crippen molar-refractivity contribution >= 4 is 11.9 Å². The molecule has 1 aromatic rings. The average Bonchev–Trinajstić information content (AvgIpc) is 2.27. The smallest absolute Gasteiger partial charge is 0.326 e. The van der Waals surface area contributed by atoms with Gasteiger partial charge >= 0.3 is 5.97 Å². The fourth-order valence-corrected chi connectivity index (χ4v) is 1.85. The molecule has 1 N–H and O–H groups in total. The molecule has 0 spiro atoms. The summed E-state index contributed by atoms with van der Waals surface area (Å²) in [5, 5.41) is 9.09. The average molecular weight is 253 g/mol. The Kier molecular flexibility index (Phi) is 4.42. The minimum absolute atomic E-state index is 0.119. The fourth-order valence-electron chi connectivity index (χ4n) is 1.85. The van der Waals surface area contributed by atoms with Gasteiger partial charge in [0.1, 0.15) is 11.9 Å². The summed E-state index contributed by atoms with van der Waals surface area (Å²) in [6.07, 6.45) is 0. The normalized spacial score (nSPS) is 12.3. The maximum atomic E-state index is 13.5. The van der Waals surface area contributed by atoms with Gasteiger partial charge in [-0.05, 0) is 18.1 Å². The van der Waals surface area contributed by atoms with Gasteiger partial charge in [-0.1, -0.05) is 26.0 Å². The van der Waals surface area contributed by atoms with Crippen LogP contribution >= 0.6 is 0 Å². The number of carboxylic acid groups (broad SMARTS) is 1. The molecular weight excluding hydrogens is 237 g/mol. The van der Waals surface area contributed by atoms with Crippen LogP contribution < -0.4 is 0 Å².